The second-order valence-corrected chi connectivity index (χ2v) is 8.95. The zero-order valence-electron chi connectivity index (χ0n) is 18.8. The van der Waals surface area contributed by atoms with E-state index in [1.807, 2.05) is 31.2 Å². The number of likely N-dealkylation sites (N-methyl/N-ethyl adjacent to an activating group) is 1. The molecule has 2 N–H and O–H groups in total. The molecule has 8 heteroatoms. The molecule has 1 aromatic heterocycles. The van der Waals surface area contributed by atoms with Gasteiger partial charge in [0, 0.05) is 30.5 Å². The third kappa shape index (κ3) is 5.51. The van der Waals surface area contributed by atoms with Crippen LogP contribution in [0.25, 0.3) is 0 Å². The molecule has 1 fully saturated rings. The van der Waals surface area contributed by atoms with E-state index in [2.05, 4.69) is 9.97 Å². The number of carbonyl (C=O) groups excluding carboxylic acids is 1. The number of benzene rings is 1. The molecule has 0 atom stereocenters. The van der Waals surface area contributed by atoms with Crippen LogP contribution in [0.2, 0.25) is 5.02 Å². The van der Waals surface area contributed by atoms with Gasteiger partial charge in [0.25, 0.3) is 11.5 Å². The van der Waals surface area contributed by atoms with Crippen LogP contribution >= 0.6 is 11.6 Å². The summed E-state index contributed by atoms with van der Waals surface area (Å²) in [6, 6.07) is 7.84. The van der Waals surface area contributed by atoms with Gasteiger partial charge >= 0.3 is 0 Å². The molecule has 3 rings (SSSR count). The average Bonchev–Trinajstić information content (AvgIpc) is 3.24. The molecule has 1 aliphatic carbocycles. The standard InChI is InChI=1S/C24H32ClN3O4/c1-3-4-15-32-21-20(23(31)28(2)13-14-29)26-19(27-22(21)30)16-24(11-5-6-12-24)17-7-9-18(25)10-8-17/h7-10,29H,3-6,11-16H2,1-2H3,(H,26,27,30). The first kappa shape index (κ1) is 24.3. The molecular formula is C24H32ClN3O4. The van der Waals surface area contributed by atoms with E-state index in [1.165, 1.54) is 4.90 Å². The van der Waals surface area contributed by atoms with Crippen LogP contribution in [-0.2, 0) is 11.8 Å². The maximum Gasteiger partial charge on any atom is 0.294 e. The number of hydrogen-bond donors (Lipinski definition) is 2. The SMILES string of the molecule is CCCCOc1c(C(=O)N(C)CCO)nc(CC2(c3ccc(Cl)cc3)CCCC2)[nH]c1=O. The van der Waals surface area contributed by atoms with Crippen LogP contribution in [0.4, 0.5) is 0 Å². The van der Waals surface area contributed by atoms with Crippen LogP contribution in [0.5, 0.6) is 5.75 Å². The smallest absolute Gasteiger partial charge is 0.294 e. The minimum atomic E-state index is -0.448. The summed E-state index contributed by atoms with van der Waals surface area (Å²) in [4.78, 5) is 34.8. The van der Waals surface area contributed by atoms with Gasteiger partial charge in [-0.2, -0.15) is 0 Å². The fourth-order valence-electron chi connectivity index (χ4n) is 4.37. The molecule has 0 aliphatic heterocycles. The number of nitrogens with zero attached hydrogens (tertiary/aromatic N) is 2. The lowest BCUT2D eigenvalue weighted by atomic mass is 9.76. The lowest BCUT2D eigenvalue weighted by molar-refractivity contribution is 0.0755. The summed E-state index contributed by atoms with van der Waals surface area (Å²) in [7, 11) is 1.57. The van der Waals surface area contributed by atoms with E-state index in [0.717, 1.165) is 44.1 Å². The Labute approximate surface area is 193 Å². The number of aromatic nitrogens is 2. The molecule has 174 valence electrons. The Kier molecular flexibility index (Phi) is 8.32. The van der Waals surface area contributed by atoms with Crippen molar-refractivity contribution in [3.8, 4) is 5.75 Å². The van der Waals surface area contributed by atoms with Gasteiger partial charge in [0.05, 0.1) is 13.2 Å². The molecule has 0 spiro atoms. The predicted molar refractivity (Wildman–Crippen MR) is 125 cm³/mol. The molecule has 1 heterocycles. The van der Waals surface area contributed by atoms with Crippen molar-refractivity contribution in [3.63, 3.8) is 0 Å². The number of H-pyrrole nitrogens is 1. The highest BCUT2D eigenvalue weighted by atomic mass is 35.5. The van der Waals surface area contributed by atoms with Crippen molar-refractivity contribution < 1.29 is 14.6 Å². The van der Waals surface area contributed by atoms with Crippen molar-refractivity contribution in [2.75, 3.05) is 26.8 Å². The highest BCUT2D eigenvalue weighted by Crippen LogP contribution is 2.43. The average molecular weight is 462 g/mol. The van der Waals surface area contributed by atoms with E-state index >= 15 is 0 Å². The third-order valence-electron chi connectivity index (χ3n) is 6.18. The maximum atomic E-state index is 13.0. The molecule has 0 radical (unpaired) electrons. The first-order valence-corrected chi connectivity index (χ1v) is 11.7. The van der Waals surface area contributed by atoms with Gasteiger partial charge in [-0.3, -0.25) is 9.59 Å². The van der Waals surface area contributed by atoms with E-state index in [9.17, 15) is 14.7 Å². The Balaban J connectivity index is 1.99. The van der Waals surface area contributed by atoms with Crippen molar-refractivity contribution in [3.05, 3.63) is 56.7 Å². The second-order valence-electron chi connectivity index (χ2n) is 8.51. The Morgan fingerprint density at radius 3 is 2.59 bits per heavy atom. The number of ether oxygens (including phenoxy) is 1. The zero-order chi connectivity index (χ0) is 23.1. The van der Waals surface area contributed by atoms with Gasteiger partial charge in [-0.25, -0.2) is 4.98 Å². The Morgan fingerprint density at radius 2 is 1.97 bits per heavy atom. The van der Waals surface area contributed by atoms with Gasteiger partial charge in [0.2, 0.25) is 5.75 Å². The van der Waals surface area contributed by atoms with Gasteiger partial charge in [-0.05, 0) is 37.0 Å². The molecule has 1 aromatic carbocycles. The zero-order valence-corrected chi connectivity index (χ0v) is 19.6. The number of unbranched alkanes of at least 4 members (excludes halogenated alkanes) is 1. The summed E-state index contributed by atoms with van der Waals surface area (Å²) in [5, 5.41) is 9.91. The minimum absolute atomic E-state index is 0.0000520. The van der Waals surface area contributed by atoms with E-state index in [4.69, 9.17) is 16.3 Å². The number of aliphatic hydroxyl groups excluding tert-OH is 1. The highest BCUT2D eigenvalue weighted by molar-refractivity contribution is 6.30. The lowest BCUT2D eigenvalue weighted by Crippen LogP contribution is -2.34. The molecule has 2 aromatic rings. The van der Waals surface area contributed by atoms with Crippen molar-refractivity contribution in [1.29, 1.82) is 0 Å². The number of amides is 1. The van der Waals surface area contributed by atoms with Crippen LogP contribution in [-0.4, -0.2) is 52.7 Å². The summed E-state index contributed by atoms with van der Waals surface area (Å²) in [5.74, 6) is -0.0238. The molecule has 1 saturated carbocycles. The summed E-state index contributed by atoms with van der Waals surface area (Å²) >= 11 is 6.09. The number of nitrogens with one attached hydrogen (secondary N) is 1. The highest BCUT2D eigenvalue weighted by Gasteiger charge is 2.37. The second kappa shape index (κ2) is 11.0. The molecule has 1 amide bonds. The number of halogens is 1. The summed E-state index contributed by atoms with van der Waals surface area (Å²) in [6.07, 6.45) is 6.32. The first-order valence-electron chi connectivity index (χ1n) is 11.3. The Hall–Kier alpha value is -2.38. The van der Waals surface area contributed by atoms with Crippen molar-refractivity contribution in [2.24, 2.45) is 0 Å². The van der Waals surface area contributed by atoms with Crippen LogP contribution < -0.4 is 10.3 Å². The lowest BCUT2D eigenvalue weighted by Gasteiger charge is -2.29. The maximum absolute atomic E-state index is 13.0. The topological polar surface area (TPSA) is 95.5 Å². The summed E-state index contributed by atoms with van der Waals surface area (Å²) in [6.45, 7) is 2.32. The van der Waals surface area contributed by atoms with Crippen molar-refractivity contribution >= 4 is 17.5 Å². The quantitative estimate of drug-likeness (QED) is 0.526. The fourth-order valence-corrected chi connectivity index (χ4v) is 4.49. The fraction of sp³-hybridized carbons (Fsp3) is 0.542. The molecule has 1 aliphatic rings. The normalized spacial score (nSPS) is 15.0. The molecule has 0 unspecified atom stereocenters. The molecule has 32 heavy (non-hydrogen) atoms. The van der Waals surface area contributed by atoms with E-state index in [0.29, 0.717) is 23.9 Å². The molecular weight excluding hydrogens is 430 g/mol. The summed E-state index contributed by atoms with van der Waals surface area (Å²) in [5.41, 5.74) is 0.550. The number of aliphatic hydroxyl groups is 1. The molecule has 7 nitrogen and oxygen atoms in total. The van der Waals surface area contributed by atoms with Gasteiger partial charge in [-0.1, -0.05) is 49.9 Å². The van der Waals surface area contributed by atoms with Crippen LogP contribution in [0.3, 0.4) is 0 Å². The molecule has 0 bridgehead atoms. The predicted octanol–water partition coefficient (Wildman–Crippen LogP) is 3.72. The Morgan fingerprint density at radius 1 is 1.28 bits per heavy atom. The number of hydrogen-bond acceptors (Lipinski definition) is 5. The van der Waals surface area contributed by atoms with Crippen molar-refractivity contribution in [1.82, 2.24) is 14.9 Å². The van der Waals surface area contributed by atoms with Crippen LogP contribution in [0, 0.1) is 0 Å². The van der Waals surface area contributed by atoms with Crippen LogP contribution in [0.1, 0.15) is 67.3 Å². The van der Waals surface area contributed by atoms with Gasteiger partial charge in [-0.15, -0.1) is 0 Å². The van der Waals surface area contributed by atoms with Gasteiger partial charge in [0.1, 0.15) is 5.82 Å². The van der Waals surface area contributed by atoms with E-state index in [1.54, 1.807) is 7.05 Å². The first-order chi connectivity index (χ1) is 15.4. The van der Waals surface area contributed by atoms with Crippen LogP contribution in [0.15, 0.2) is 29.1 Å². The number of aromatic amines is 1. The van der Waals surface area contributed by atoms with E-state index in [-0.39, 0.29) is 30.0 Å². The minimum Gasteiger partial charge on any atom is -0.486 e. The van der Waals surface area contributed by atoms with Gasteiger partial charge < -0.3 is 19.7 Å². The third-order valence-corrected chi connectivity index (χ3v) is 6.43. The summed E-state index contributed by atoms with van der Waals surface area (Å²) < 4.78 is 5.67. The van der Waals surface area contributed by atoms with Crippen molar-refractivity contribution in [2.45, 2.75) is 57.3 Å². The van der Waals surface area contributed by atoms with Gasteiger partial charge in [0.15, 0.2) is 5.69 Å². The van der Waals surface area contributed by atoms with E-state index < -0.39 is 11.5 Å². The molecule has 0 saturated heterocycles. The number of carbonyl (C=O) groups is 1. The largest absolute Gasteiger partial charge is 0.486 e. The Bertz CT molecular complexity index is 968. The number of rotatable bonds is 10. The monoisotopic (exact) mass is 461 g/mol.